The van der Waals surface area contributed by atoms with E-state index in [9.17, 15) is 22.4 Å². The third kappa shape index (κ3) is 5.37. The minimum atomic E-state index is -3.48. The van der Waals surface area contributed by atoms with Crippen molar-refractivity contribution in [1.29, 1.82) is 0 Å². The number of carbonyl (C=O) groups excluding carboxylic acids is 2. The number of esters is 1. The van der Waals surface area contributed by atoms with Crippen molar-refractivity contribution in [3.63, 3.8) is 0 Å². The summed E-state index contributed by atoms with van der Waals surface area (Å²) in [5.74, 6) is -1.74. The van der Waals surface area contributed by atoms with Crippen LogP contribution in [0.4, 0.5) is 4.39 Å². The molecule has 0 radical (unpaired) electrons. The van der Waals surface area contributed by atoms with Crippen molar-refractivity contribution in [2.45, 2.75) is 18.4 Å². The minimum absolute atomic E-state index is 0.0111. The van der Waals surface area contributed by atoms with Gasteiger partial charge in [-0.05, 0) is 30.7 Å². The summed E-state index contributed by atoms with van der Waals surface area (Å²) in [5.41, 5.74) is 0.943. The summed E-state index contributed by atoms with van der Waals surface area (Å²) in [5, 5.41) is 0. The molecule has 0 saturated carbocycles. The summed E-state index contributed by atoms with van der Waals surface area (Å²) < 4.78 is 41.9. The zero-order valence-corrected chi connectivity index (χ0v) is 16.0. The molecular weight excluding hydrogens is 373 g/mol. The molecule has 0 spiro atoms. The fourth-order valence-corrected chi connectivity index (χ4v) is 2.98. The van der Waals surface area contributed by atoms with Gasteiger partial charge in [0.05, 0.1) is 10.5 Å². The highest BCUT2D eigenvalue weighted by Crippen LogP contribution is 2.17. The van der Waals surface area contributed by atoms with E-state index in [1.807, 2.05) is 0 Å². The normalized spacial score (nSPS) is 11.1. The van der Waals surface area contributed by atoms with Crippen LogP contribution in [0.15, 0.2) is 47.4 Å². The first-order valence-corrected chi connectivity index (χ1v) is 9.94. The monoisotopic (exact) mass is 393 g/mol. The number of carbonyl (C=O) groups is 2. The first kappa shape index (κ1) is 20.6. The number of aryl methyl sites for hydroxylation is 1. The van der Waals surface area contributed by atoms with Gasteiger partial charge < -0.3 is 9.64 Å². The smallest absolute Gasteiger partial charge is 0.338 e. The van der Waals surface area contributed by atoms with Gasteiger partial charge in [0.25, 0.3) is 5.91 Å². The van der Waals surface area contributed by atoms with Gasteiger partial charge in [-0.2, -0.15) is 0 Å². The molecule has 144 valence electrons. The highest BCUT2D eigenvalue weighted by atomic mass is 32.2. The van der Waals surface area contributed by atoms with Crippen molar-refractivity contribution in [2.24, 2.45) is 0 Å². The minimum Gasteiger partial charge on any atom is -0.452 e. The number of likely N-dealkylation sites (N-methyl/N-ethyl adjacent to an activating group) is 1. The van der Waals surface area contributed by atoms with Crippen LogP contribution in [0.3, 0.4) is 0 Å². The van der Waals surface area contributed by atoms with E-state index < -0.39 is 34.1 Å². The van der Waals surface area contributed by atoms with Crippen LogP contribution < -0.4 is 0 Å². The number of hydrogen-bond acceptors (Lipinski definition) is 5. The number of nitrogens with zero attached hydrogens (tertiary/aromatic N) is 1. The van der Waals surface area contributed by atoms with Gasteiger partial charge in [-0.15, -0.1) is 0 Å². The Morgan fingerprint density at radius 3 is 2.44 bits per heavy atom. The Hall–Kier alpha value is -2.74. The Balaban J connectivity index is 2.03. The molecule has 0 unspecified atom stereocenters. The van der Waals surface area contributed by atoms with Gasteiger partial charge in [-0.3, -0.25) is 4.79 Å². The van der Waals surface area contributed by atoms with Gasteiger partial charge in [0, 0.05) is 25.4 Å². The molecule has 1 amide bonds. The summed E-state index contributed by atoms with van der Waals surface area (Å²) in [4.78, 5) is 25.6. The second-order valence-corrected chi connectivity index (χ2v) is 8.18. The van der Waals surface area contributed by atoms with E-state index in [0.717, 1.165) is 6.26 Å². The molecule has 0 aliphatic carbocycles. The van der Waals surface area contributed by atoms with Crippen molar-refractivity contribution in [1.82, 2.24) is 4.90 Å². The third-order valence-electron chi connectivity index (χ3n) is 3.97. The van der Waals surface area contributed by atoms with Gasteiger partial charge >= 0.3 is 5.97 Å². The molecule has 6 nitrogen and oxygen atoms in total. The van der Waals surface area contributed by atoms with Crippen LogP contribution in [0, 0.1) is 12.7 Å². The Bertz CT molecular complexity index is 972. The predicted molar refractivity (Wildman–Crippen MR) is 97.4 cm³/mol. The predicted octanol–water partition coefficient (Wildman–Crippen LogP) is 2.35. The number of sulfone groups is 1. The fraction of sp³-hybridized carbons (Fsp3) is 0.263. The van der Waals surface area contributed by atoms with Crippen LogP contribution >= 0.6 is 0 Å². The van der Waals surface area contributed by atoms with Crippen LogP contribution in [0.5, 0.6) is 0 Å². The molecule has 8 heteroatoms. The highest BCUT2D eigenvalue weighted by Gasteiger charge is 2.18. The summed E-state index contributed by atoms with van der Waals surface area (Å²) in [6.45, 7) is 1.13. The molecule has 0 fully saturated rings. The molecule has 27 heavy (non-hydrogen) atoms. The van der Waals surface area contributed by atoms with Gasteiger partial charge in [-0.1, -0.05) is 24.3 Å². The van der Waals surface area contributed by atoms with Crippen molar-refractivity contribution in [2.75, 3.05) is 19.9 Å². The molecule has 0 atom stereocenters. The third-order valence-corrected chi connectivity index (χ3v) is 5.09. The molecule has 0 bridgehead atoms. The number of halogens is 1. The van der Waals surface area contributed by atoms with Crippen LogP contribution in [-0.4, -0.2) is 45.1 Å². The Morgan fingerprint density at radius 2 is 1.81 bits per heavy atom. The largest absolute Gasteiger partial charge is 0.452 e. The van der Waals surface area contributed by atoms with Crippen LogP contribution in [0.1, 0.15) is 21.5 Å². The second-order valence-electron chi connectivity index (χ2n) is 6.17. The van der Waals surface area contributed by atoms with Crippen LogP contribution in [0.25, 0.3) is 0 Å². The molecule has 0 saturated heterocycles. The standard InChI is InChI=1S/C19H20FNO5S/c1-13-8-9-15(27(3,24)25)10-16(13)19(23)26-12-18(22)21(2)11-14-6-4-5-7-17(14)20/h4-10H,11-12H2,1-3H3. The Labute approximate surface area is 157 Å². The van der Waals surface area contributed by atoms with Gasteiger partial charge in [0.15, 0.2) is 16.4 Å². The Morgan fingerprint density at radius 1 is 1.15 bits per heavy atom. The topological polar surface area (TPSA) is 80.7 Å². The average molecular weight is 393 g/mol. The lowest BCUT2D eigenvalue weighted by molar-refractivity contribution is -0.133. The van der Waals surface area contributed by atoms with Gasteiger partial charge in [0.2, 0.25) is 0 Å². The second kappa shape index (κ2) is 8.30. The maximum atomic E-state index is 13.7. The molecule has 2 aromatic carbocycles. The number of hydrogen-bond donors (Lipinski definition) is 0. The number of rotatable bonds is 6. The van der Waals surface area contributed by atoms with E-state index in [4.69, 9.17) is 4.74 Å². The summed E-state index contributed by atoms with van der Waals surface area (Å²) in [7, 11) is -2.01. The van der Waals surface area contributed by atoms with Crippen LogP contribution in [-0.2, 0) is 25.9 Å². The van der Waals surface area contributed by atoms with Gasteiger partial charge in [0.1, 0.15) is 5.82 Å². The number of benzene rings is 2. The quantitative estimate of drug-likeness (QED) is 0.704. The number of amides is 1. The molecule has 0 aromatic heterocycles. The van der Waals surface area contributed by atoms with E-state index in [1.165, 1.54) is 36.2 Å². The first-order valence-electron chi connectivity index (χ1n) is 8.05. The van der Waals surface area contributed by atoms with Crippen molar-refractivity contribution in [3.05, 3.63) is 65.0 Å². The van der Waals surface area contributed by atoms with Crippen molar-refractivity contribution >= 4 is 21.7 Å². The lowest BCUT2D eigenvalue weighted by Gasteiger charge is -2.17. The lowest BCUT2D eigenvalue weighted by Crippen LogP contribution is -2.31. The molecule has 2 aromatic rings. The Kier molecular flexibility index (Phi) is 6.32. The lowest BCUT2D eigenvalue weighted by atomic mass is 10.1. The summed E-state index contributed by atoms with van der Waals surface area (Å²) >= 11 is 0. The molecule has 0 N–H and O–H groups in total. The van der Waals surface area contributed by atoms with E-state index in [1.54, 1.807) is 25.1 Å². The van der Waals surface area contributed by atoms with E-state index in [-0.39, 0.29) is 17.0 Å². The summed E-state index contributed by atoms with van der Waals surface area (Å²) in [6.07, 6.45) is 1.04. The van der Waals surface area contributed by atoms with E-state index in [0.29, 0.717) is 11.1 Å². The highest BCUT2D eigenvalue weighted by molar-refractivity contribution is 7.90. The molecule has 0 aliphatic rings. The molecule has 2 rings (SSSR count). The zero-order chi connectivity index (χ0) is 20.2. The SMILES string of the molecule is Cc1ccc(S(C)(=O)=O)cc1C(=O)OCC(=O)N(C)Cc1ccccc1F. The van der Waals surface area contributed by atoms with Crippen molar-refractivity contribution in [3.8, 4) is 0 Å². The van der Waals surface area contributed by atoms with E-state index >= 15 is 0 Å². The van der Waals surface area contributed by atoms with Crippen LogP contribution in [0.2, 0.25) is 0 Å². The maximum Gasteiger partial charge on any atom is 0.338 e. The average Bonchev–Trinajstić information content (AvgIpc) is 2.60. The molecule has 0 heterocycles. The first-order chi connectivity index (χ1) is 12.6. The fourth-order valence-electron chi connectivity index (χ4n) is 2.34. The zero-order valence-electron chi connectivity index (χ0n) is 15.2. The molecule has 0 aliphatic heterocycles. The maximum absolute atomic E-state index is 13.7. The van der Waals surface area contributed by atoms with Crippen molar-refractivity contribution < 1.29 is 27.1 Å². The van der Waals surface area contributed by atoms with Gasteiger partial charge in [-0.25, -0.2) is 17.6 Å². The summed E-state index contributed by atoms with van der Waals surface area (Å²) in [6, 6.07) is 10.2. The number of ether oxygens (including phenoxy) is 1. The molecular formula is C19H20FNO5S. The van der Waals surface area contributed by atoms with E-state index in [2.05, 4.69) is 0 Å².